The van der Waals surface area contributed by atoms with Crippen molar-refractivity contribution in [3.8, 4) is 22.3 Å². The van der Waals surface area contributed by atoms with Crippen LogP contribution in [0.2, 0.25) is 0 Å². The van der Waals surface area contributed by atoms with Gasteiger partial charge in [0.15, 0.2) is 0 Å². The van der Waals surface area contributed by atoms with Crippen molar-refractivity contribution in [3.05, 3.63) is 192 Å². The maximum Gasteiger partial charge on any atom is 1.00 e. The molecule has 1 amide bonds. The molecule has 0 spiro atoms. The molecule has 6 aliphatic rings. The molecule has 4 atom stereocenters. The molecular weight excluding hydrogens is 1130 g/mol. The first-order valence-corrected chi connectivity index (χ1v) is 26.9. The first-order chi connectivity index (χ1) is 37.9. The van der Waals surface area contributed by atoms with Crippen LogP contribution in [-0.4, -0.2) is 92.1 Å². The minimum absolute atomic E-state index is 0. The van der Waals surface area contributed by atoms with Crippen LogP contribution in [0.1, 0.15) is 82.5 Å². The summed E-state index contributed by atoms with van der Waals surface area (Å²) in [6, 6.07) is 42.4. The summed E-state index contributed by atoms with van der Waals surface area (Å²) in [6.07, 6.45) is 12.8. The minimum Gasteiger partial charge on any atom is -1.00 e. The molecule has 7 aromatic rings. The van der Waals surface area contributed by atoms with E-state index in [0.29, 0.717) is 43.2 Å². The number of nitrogens with one attached hydrogen (secondary N) is 1. The van der Waals surface area contributed by atoms with E-state index in [1.165, 1.54) is 76.6 Å². The van der Waals surface area contributed by atoms with Gasteiger partial charge in [0.05, 0.1) is 7.11 Å². The fourth-order valence-electron chi connectivity index (χ4n) is 11.2. The second kappa shape index (κ2) is 31.5. The Morgan fingerprint density at radius 1 is 0.654 bits per heavy atom. The van der Waals surface area contributed by atoms with Crippen LogP contribution >= 0.6 is 23.5 Å². The molecule has 6 aliphatic heterocycles. The molecule has 4 unspecified atom stereocenters. The molecule has 3 aromatic heterocycles. The Bertz CT molecular complexity index is 3280. The second-order valence-corrected chi connectivity index (χ2v) is 21.3. The number of alkyl halides is 3. The Labute approximate surface area is 565 Å². The molecule has 21 heteroatoms. The standard InChI is InChI=1S/C27H21F3N2OS.C25H22N2S.C5H6BNO2.CH2O3.CH4O2.CH4.2K.H/c28-27(29,30)26(33)32-19-8-9-20(32)13-18(12-19)25-21-5-1-2-6-23(21)34-24-14-16(7-10-22(24)25)17-4-3-11-31-15-17;1-2-6-23-21(5-1)25(18-12-19-8-9-20(13-18)27-19)22-10-7-16(14-24(22)28-23)17-4-3-11-26-15-17;8-6(9)5-2-1-3-7-4-5;2-1-4-3;1-3-2;;;;/h1-7,10-11,14-15,19-20H,8-9,12-13H2;1-7,10-11,14-15,19-20,27H,8-9,12-13H2;1-4,8-9H;1,3H;2H,1H3;1H4;;;/q;;;;;;2*+1;-1/p-1. The third-order valence-corrected chi connectivity index (χ3v) is 16.6. The molecule has 9 heterocycles. The molecule has 4 aromatic carbocycles. The van der Waals surface area contributed by atoms with Crippen molar-refractivity contribution in [2.75, 3.05) is 7.11 Å². The smallest absolute Gasteiger partial charge is 1.00 e. The quantitative estimate of drug-likeness (QED) is 0.0820. The fraction of sp³-hybridized carbons (Fsp3) is 0.250. The molecule has 0 radical (unpaired) electrons. The van der Waals surface area contributed by atoms with E-state index in [4.69, 9.17) is 25.4 Å². The van der Waals surface area contributed by atoms with Crippen LogP contribution in [0.25, 0.3) is 33.4 Å². The SMILES string of the molecule is C.COO.O=C(N1C2CCC1CC(=C1c3ccccc3Sc3cc(-c4cccnc4)ccc31)C2)C(F)(F)F.O=CO[O-].OB(O)c1cccnc1.[H-].[K+].[K+].c1cncc(-c2ccc3c(c2)Sc2ccccc2C3=C2CC3CCC(C2)N3)c1. The number of fused-ring (bicyclic) bond motifs is 8. The van der Waals surface area contributed by atoms with Gasteiger partial charge in [0.1, 0.15) is 0 Å². The van der Waals surface area contributed by atoms with E-state index in [2.05, 4.69) is 109 Å². The Morgan fingerprint density at radius 3 is 1.46 bits per heavy atom. The van der Waals surface area contributed by atoms with E-state index in [-0.39, 0.29) is 118 Å². The maximum absolute atomic E-state index is 13.2. The summed E-state index contributed by atoms with van der Waals surface area (Å²) in [5.41, 5.74) is 15.4. The third kappa shape index (κ3) is 16.2. The molecule has 4 saturated heterocycles. The average molecular weight is 1190 g/mol. The van der Waals surface area contributed by atoms with Gasteiger partial charge in [0.2, 0.25) is 0 Å². The van der Waals surface area contributed by atoms with Crippen LogP contribution in [-0.2, 0) is 19.4 Å². The largest absolute Gasteiger partial charge is 1.00 e. The van der Waals surface area contributed by atoms with Crippen LogP contribution in [0.5, 0.6) is 0 Å². The summed E-state index contributed by atoms with van der Waals surface area (Å²) in [5, 5.41) is 36.4. The summed E-state index contributed by atoms with van der Waals surface area (Å²) in [5.74, 6) is -1.69. The molecular formula is C60H59BF3K2N5O8S2. The second-order valence-electron chi connectivity index (χ2n) is 19.1. The van der Waals surface area contributed by atoms with Crippen molar-refractivity contribution in [2.45, 2.75) is 109 Å². The van der Waals surface area contributed by atoms with Gasteiger partial charge in [0, 0.05) is 97.5 Å². The maximum atomic E-state index is 13.2. The van der Waals surface area contributed by atoms with Crippen LogP contribution in [0.15, 0.2) is 189 Å². The summed E-state index contributed by atoms with van der Waals surface area (Å²) in [6.45, 7) is -0.181. The predicted molar refractivity (Wildman–Crippen MR) is 299 cm³/mol. The summed E-state index contributed by atoms with van der Waals surface area (Å²) in [4.78, 5) is 45.0. The summed E-state index contributed by atoms with van der Waals surface area (Å²) in [7, 11) is -0.223. The zero-order valence-corrected chi connectivity index (χ0v) is 52.1. The van der Waals surface area contributed by atoms with E-state index in [1.807, 2.05) is 60.7 Å². The predicted octanol–water partition coefficient (Wildman–Crippen LogP) is 4.72. The number of piperidine rings is 2. The molecule has 13 nitrogen and oxygen atoms in total. The van der Waals surface area contributed by atoms with Crippen molar-refractivity contribution < 1.29 is 157 Å². The monoisotopic (exact) mass is 1190 g/mol. The van der Waals surface area contributed by atoms with E-state index in [9.17, 15) is 18.0 Å². The molecule has 410 valence electrons. The fourth-order valence-corrected chi connectivity index (χ4v) is 13.5. The van der Waals surface area contributed by atoms with Crippen LogP contribution in [0.4, 0.5) is 13.2 Å². The number of benzene rings is 4. The zero-order chi connectivity index (χ0) is 54.8. The Kier molecular flexibility index (Phi) is 25.8. The van der Waals surface area contributed by atoms with Gasteiger partial charge in [-0.05, 0) is 138 Å². The Balaban J connectivity index is 0.000000231. The van der Waals surface area contributed by atoms with Crippen LogP contribution in [0, 0.1) is 0 Å². The van der Waals surface area contributed by atoms with Gasteiger partial charge in [-0.1, -0.05) is 121 Å². The zero-order valence-electron chi connectivity index (χ0n) is 45.3. The average Bonchev–Trinajstić information content (AvgIpc) is 2.06. The first-order valence-electron chi connectivity index (χ1n) is 25.3. The van der Waals surface area contributed by atoms with Crippen LogP contribution < -0.4 is 119 Å². The first kappa shape index (κ1) is 66.5. The van der Waals surface area contributed by atoms with Gasteiger partial charge in [-0.3, -0.25) is 29.8 Å². The molecule has 4 fully saturated rings. The van der Waals surface area contributed by atoms with Gasteiger partial charge in [-0.25, -0.2) is 4.89 Å². The molecule has 4 bridgehead atoms. The van der Waals surface area contributed by atoms with Crippen molar-refractivity contribution in [2.24, 2.45) is 0 Å². The number of aromatic nitrogens is 3. The van der Waals surface area contributed by atoms with Gasteiger partial charge < -0.3 is 31.8 Å². The van der Waals surface area contributed by atoms with Crippen LogP contribution in [0.3, 0.4) is 0 Å². The minimum atomic E-state index is -4.82. The van der Waals surface area contributed by atoms with Gasteiger partial charge in [0.25, 0.3) is 6.47 Å². The van der Waals surface area contributed by atoms with Crippen molar-refractivity contribution in [1.82, 2.24) is 25.2 Å². The number of halogens is 3. The van der Waals surface area contributed by atoms with Crippen molar-refractivity contribution in [1.29, 1.82) is 0 Å². The number of hydrogen-bond donors (Lipinski definition) is 4. The number of nitrogens with zero attached hydrogens (tertiary/aromatic N) is 4. The molecule has 13 rings (SSSR count). The number of carbonyl (C=O) groups excluding carboxylic acids is 2. The normalized spacial score (nSPS) is 18.3. The number of hydrogen-bond acceptors (Lipinski definition) is 14. The van der Waals surface area contributed by atoms with E-state index in [0.717, 1.165) is 48.1 Å². The van der Waals surface area contributed by atoms with Crippen molar-refractivity contribution >= 4 is 59.6 Å². The summed E-state index contributed by atoms with van der Waals surface area (Å²) < 4.78 is 39.7. The molecule has 81 heavy (non-hydrogen) atoms. The van der Waals surface area contributed by atoms with Gasteiger partial charge in [-0.2, -0.15) is 13.2 Å². The van der Waals surface area contributed by atoms with Crippen molar-refractivity contribution in [3.63, 3.8) is 0 Å². The Hall–Kier alpha value is -3.66. The molecule has 4 N–H and O–H groups in total. The third-order valence-electron chi connectivity index (χ3n) is 14.4. The molecule has 0 aliphatic carbocycles. The number of rotatable bonds is 4. The summed E-state index contributed by atoms with van der Waals surface area (Å²) >= 11 is 3.62. The topological polar surface area (TPSA) is 190 Å². The van der Waals surface area contributed by atoms with E-state index in [1.54, 1.807) is 41.9 Å². The number of pyridine rings is 3. The van der Waals surface area contributed by atoms with E-state index < -0.39 is 31.3 Å². The Morgan fingerprint density at radius 2 is 1.07 bits per heavy atom. The van der Waals surface area contributed by atoms with Gasteiger partial charge in [-0.15, -0.1) is 0 Å². The molecule has 0 saturated carbocycles. The number of carbonyl (C=O) groups is 2. The van der Waals surface area contributed by atoms with E-state index >= 15 is 0 Å². The number of amides is 1. The van der Waals surface area contributed by atoms with Gasteiger partial charge >= 0.3 is 122 Å².